The van der Waals surface area contributed by atoms with E-state index in [0.717, 1.165) is 16.7 Å². The highest BCUT2D eigenvalue weighted by atomic mass is 16.5. The maximum Gasteiger partial charge on any atom is 0.329 e. The number of rotatable bonds is 6. The van der Waals surface area contributed by atoms with Crippen LogP contribution in [0.15, 0.2) is 90.6 Å². The van der Waals surface area contributed by atoms with E-state index in [2.05, 4.69) is 5.32 Å². The largest absolute Gasteiger partial charge is 0.488 e. The number of hydrogen-bond acceptors (Lipinski definition) is 3. The number of urea groups is 1. The molecule has 144 valence electrons. The lowest BCUT2D eigenvalue weighted by Gasteiger charge is -2.11. The van der Waals surface area contributed by atoms with Crippen molar-refractivity contribution in [1.29, 1.82) is 0 Å². The van der Waals surface area contributed by atoms with Gasteiger partial charge in [-0.05, 0) is 23.3 Å². The predicted octanol–water partition coefficient (Wildman–Crippen LogP) is 4.36. The summed E-state index contributed by atoms with van der Waals surface area (Å²) >= 11 is 0. The van der Waals surface area contributed by atoms with Crippen molar-refractivity contribution >= 4 is 18.0 Å². The van der Waals surface area contributed by atoms with E-state index in [9.17, 15) is 9.59 Å². The van der Waals surface area contributed by atoms with Crippen molar-refractivity contribution in [3.8, 4) is 5.75 Å². The molecule has 0 bridgehead atoms. The van der Waals surface area contributed by atoms with Gasteiger partial charge in [-0.25, -0.2) is 4.79 Å². The summed E-state index contributed by atoms with van der Waals surface area (Å²) in [6.07, 6.45) is 1.66. The molecule has 0 radical (unpaired) electrons. The highest BCUT2D eigenvalue weighted by Crippen LogP contribution is 2.24. The summed E-state index contributed by atoms with van der Waals surface area (Å²) in [5.74, 6) is 0.295. The Morgan fingerprint density at radius 1 is 0.793 bits per heavy atom. The number of nitrogens with zero attached hydrogens (tertiary/aromatic N) is 1. The second-order valence-corrected chi connectivity index (χ2v) is 6.68. The van der Waals surface area contributed by atoms with E-state index in [1.54, 1.807) is 6.08 Å². The van der Waals surface area contributed by atoms with Crippen LogP contribution in [0, 0.1) is 0 Å². The molecule has 1 heterocycles. The molecule has 1 saturated heterocycles. The number of carbonyl (C=O) groups excluding carboxylic acids is 2. The summed E-state index contributed by atoms with van der Waals surface area (Å²) in [4.78, 5) is 26.3. The third-order valence-corrected chi connectivity index (χ3v) is 4.60. The van der Waals surface area contributed by atoms with E-state index < -0.39 is 6.03 Å². The van der Waals surface area contributed by atoms with Crippen LogP contribution in [0.1, 0.15) is 16.7 Å². The normalized spacial score (nSPS) is 14.9. The molecule has 0 aliphatic carbocycles. The number of hydrogen-bond donors (Lipinski definition) is 1. The van der Waals surface area contributed by atoms with Gasteiger partial charge in [0.15, 0.2) is 0 Å². The molecular weight excluding hydrogens is 364 g/mol. The lowest BCUT2D eigenvalue weighted by Crippen LogP contribution is -2.30. The molecule has 4 rings (SSSR count). The maximum absolute atomic E-state index is 12.7. The fraction of sp³-hybridized carbons (Fsp3) is 0.0833. The van der Waals surface area contributed by atoms with E-state index in [1.807, 2.05) is 84.9 Å². The zero-order valence-corrected chi connectivity index (χ0v) is 15.7. The molecule has 1 aliphatic rings. The first-order chi connectivity index (χ1) is 14.2. The van der Waals surface area contributed by atoms with Gasteiger partial charge in [-0.2, -0.15) is 0 Å². The van der Waals surface area contributed by atoms with Crippen molar-refractivity contribution in [3.63, 3.8) is 0 Å². The summed E-state index contributed by atoms with van der Waals surface area (Å²) in [7, 11) is 0. The number of para-hydroxylation sites is 1. The third-order valence-electron chi connectivity index (χ3n) is 4.60. The van der Waals surface area contributed by atoms with E-state index in [-0.39, 0.29) is 18.1 Å². The van der Waals surface area contributed by atoms with Crippen molar-refractivity contribution in [2.24, 2.45) is 0 Å². The zero-order valence-electron chi connectivity index (χ0n) is 15.7. The number of ether oxygens (including phenoxy) is 1. The molecule has 0 unspecified atom stereocenters. The number of benzene rings is 3. The zero-order chi connectivity index (χ0) is 20.1. The Labute approximate surface area is 169 Å². The molecule has 1 aliphatic heterocycles. The van der Waals surface area contributed by atoms with E-state index in [4.69, 9.17) is 4.74 Å². The first-order valence-corrected chi connectivity index (χ1v) is 9.35. The van der Waals surface area contributed by atoms with Crippen molar-refractivity contribution in [1.82, 2.24) is 10.2 Å². The van der Waals surface area contributed by atoms with Crippen LogP contribution in [-0.2, 0) is 17.9 Å². The van der Waals surface area contributed by atoms with E-state index >= 15 is 0 Å². The van der Waals surface area contributed by atoms with Crippen LogP contribution in [0.25, 0.3) is 6.08 Å². The molecular formula is C24H20N2O3. The van der Waals surface area contributed by atoms with Gasteiger partial charge in [0.1, 0.15) is 18.1 Å². The van der Waals surface area contributed by atoms with Gasteiger partial charge in [-0.1, -0.05) is 78.9 Å². The highest BCUT2D eigenvalue weighted by Gasteiger charge is 2.33. The third kappa shape index (κ3) is 4.35. The van der Waals surface area contributed by atoms with Crippen LogP contribution in [-0.4, -0.2) is 16.8 Å². The van der Waals surface area contributed by atoms with Gasteiger partial charge in [-0.3, -0.25) is 9.69 Å². The summed E-state index contributed by atoms with van der Waals surface area (Å²) in [6, 6.07) is 26.3. The molecule has 1 N–H and O–H groups in total. The second kappa shape index (κ2) is 8.44. The van der Waals surface area contributed by atoms with Gasteiger partial charge in [0.25, 0.3) is 5.91 Å². The first kappa shape index (κ1) is 18.5. The van der Waals surface area contributed by atoms with Crippen molar-refractivity contribution in [2.45, 2.75) is 13.2 Å². The van der Waals surface area contributed by atoms with E-state index in [0.29, 0.717) is 12.4 Å². The Balaban J connectivity index is 1.52. The Morgan fingerprint density at radius 2 is 1.41 bits per heavy atom. The average Bonchev–Trinajstić information content (AvgIpc) is 3.02. The van der Waals surface area contributed by atoms with Crippen molar-refractivity contribution in [3.05, 3.63) is 107 Å². The van der Waals surface area contributed by atoms with Gasteiger partial charge in [0.05, 0.1) is 6.54 Å². The first-order valence-electron chi connectivity index (χ1n) is 9.35. The molecule has 0 atom stereocenters. The Bertz CT molecular complexity index is 1050. The van der Waals surface area contributed by atoms with Crippen LogP contribution in [0.5, 0.6) is 5.75 Å². The topological polar surface area (TPSA) is 58.6 Å². The Kier molecular flexibility index (Phi) is 5.38. The molecule has 29 heavy (non-hydrogen) atoms. The minimum absolute atomic E-state index is 0.231. The van der Waals surface area contributed by atoms with Crippen molar-refractivity contribution in [2.75, 3.05) is 0 Å². The minimum Gasteiger partial charge on any atom is -0.488 e. The molecule has 3 amide bonds. The quantitative estimate of drug-likeness (QED) is 0.507. The molecule has 0 aromatic heterocycles. The lowest BCUT2D eigenvalue weighted by atomic mass is 10.1. The fourth-order valence-corrected chi connectivity index (χ4v) is 3.10. The highest BCUT2D eigenvalue weighted by molar-refractivity contribution is 6.14. The van der Waals surface area contributed by atoms with Gasteiger partial charge in [0.2, 0.25) is 0 Å². The summed E-state index contributed by atoms with van der Waals surface area (Å²) in [5, 5.41) is 2.67. The fourth-order valence-electron chi connectivity index (χ4n) is 3.10. The molecule has 0 spiro atoms. The summed E-state index contributed by atoms with van der Waals surface area (Å²) < 4.78 is 5.94. The van der Waals surface area contributed by atoms with Crippen LogP contribution < -0.4 is 10.1 Å². The van der Waals surface area contributed by atoms with Gasteiger partial charge < -0.3 is 10.1 Å². The van der Waals surface area contributed by atoms with E-state index in [1.165, 1.54) is 4.90 Å². The smallest absolute Gasteiger partial charge is 0.329 e. The SMILES string of the molecule is O=C1NC(=Cc2ccccc2OCc2ccccc2)C(=O)N1Cc1ccccc1. The molecule has 5 heteroatoms. The number of carbonyl (C=O) groups is 2. The Hall–Kier alpha value is -3.86. The molecule has 3 aromatic rings. The Morgan fingerprint density at radius 3 is 2.14 bits per heavy atom. The predicted molar refractivity (Wildman–Crippen MR) is 111 cm³/mol. The second-order valence-electron chi connectivity index (χ2n) is 6.68. The monoisotopic (exact) mass is 384 g/mol. The standard InChI is InChI=1S/C24H20N2O3/c27-23-21(25-24(28)26(23)16-18-9-3-1-4-10-18)15-20-13-7-8-14-22(20)29-17-19-11-5-2-6-12-19/h1-15H,16-17H2,(H,25,28). The number of imide groups is 1. The molecule has 1 fully saturated rings. The van der Waals surface area contributed by atoms with Gasteiger partial charge >= 0.3 is 6.03 Å². The minimum atomic E-state index is -0.423. The maximum atomic E-state index is 12.7. The van der Waals surface area contributed by atoms with Crippen LogP contribution >= 0.6 is 0 Å². The van der Waals surface area contributed by atoms with Crippen molar-refractivity contribution < 1.29 is 14.3 Å². The molecule has 3 aromatic carbocycles. The van der Waals surface area contributed by atoms with Gasteiger partial charge in [-0.15, -0.1) is 0 Å². The summed E-state index contributed by atoms with van der Waals surface area (Å²) in [6.45, 7) is 0.649. The number of nitrogens with one attached hydrogen (secondary N) is 1. The van der Waals surface area contributed by atoms with Gasteiger partial charge in [0, 0.05) is 5.56 Å². The van der Waals surface area contributed by atoms with Crippen LogP contribution in [0.2, 0.25) is 0 Å². The number of amides is 3. The van der Waals surface area contributed by atoms with Crippen LogP contribution in [0.4, 0.5) is 4.79 Å². The average molecular weight is 384 g/mol. The summed E-state index contributed by atoms with van der Waals surface area (Å²) in [5.41, 5.74) is 2.91. The molecule has 0 saturated carbocycles. The molecule has 5 nitrogen and oxygen atoms in total. The van der Waals surface area contributed by atoms with Crippen LogP contribution in [0.3, 0.4) is 0 Å². The lowest BCUT2D eigenvalue weighted by molar-refractivity contribution is -0.123.